The van der Waals surface area contributed by atoms with Crippen LogP contribution in [-0.2, 0) is 6.42 Å². The number of urea groups is 1. The lowest BCUT2D eigenvalue weighted by Crippen LogP contribution is -2.40. The summed E-state index contributed by atoms with van der Waals surface area (Å²) in [5, 5.41) is 5.71. The fourth-order valence-electron chi connectivity index (χ4n) is 4.20. The van der Waals surface area contributed by atoms with Crippen LogP contribution in [0.2, 0.25) is 0 Å². The second kappa shape index (κ2) is 8.57. The minimum Gasteiger partial charge on any atom is -0.448 e. The van der Waals surface area contributed by atoms with Gasteiger partial charge in [-0.15, -0.1) is 0 Å². The topological polar surface area (TPSA) is 85.6 Å². The Morgan fingerprint density at radius 2 is 1.81 bits per heavy atom. The van der Waals surface area contributed by atoms with E-state index < -0.39 is 5.79 Å². The van der Waals surface area contributed by atoms with E-state index in [1.807, 2.05) is 49.4 Å². The van der Waals surface area contributed by atoms with Crippen LogP contribution in [0.15, 0.2) is 53.1 Å². The molecule has 0 atom stereocenters. The molecule has 2 aliphatic rings. The van der Waals surface area contributed by atoms with Crippen molar-refractivity contribution in [3.05, 3.63) is 60.0 Å². The predicted molar refractivity (Wildman–Crippen MR) is 121 cm³/mol. The summed E-state index contributed by atoms with van der Waals surface area (Å²) in [5.41, 5.74) is 3.58. The Hall–Kier alpha value is -3.48. The SMILES string of the molecule is Cc1ccc(-c2nc(CCNC(=O)Nc3ccc4c(c3)OC3(CCCCC3)O4)co2)cc1. The lowest BCUT2D eigenvalue weighted by Gasteiger charge is -2.31. The maximum atomic E-state index is 12.3. The van der Waals surface area contributed by atoms with Gasteiger partial charge in [0.15, 0.2) is 11.5 Å². The first-order chi connectivity index (χ1) is 15.6. The van der Waals surface area contributed by atoms with Gasteiger partial charge in [0, 0.05) is 43.1 Å². The van der Waals surface area contributed by atoms with Gasteiger partial charge in [-0.2, -0.15) is 0 Å². The second-order valence-electron chi connectivity index (χ2n) is 8.48. The molecular formula is C25H27N3O4. The first-order valence-corrected chi connectivity index (χ1v) is 11.2. The average molecular weight is 434 g/mol. The third-order valence-corrected chi connectivity index (χ3v) is 5.93. The first-order valence-electron chi connectivity index (χ1n) is 11.2. The number of hydrogen-bond acceptors (Lipinski definition) is 5. The molecule has 0 unspecified atom stereocenters. The number of nitrogens with zero attached hydrogens (tertiary/aromatic N) is 1. The molecule has 1 aliphatic heterocycles. The minimum absolute atomic E-state index is 0.279. The monoisotopic (exact) mass is 433 g/mol. The van der Waals surface area contributed by atoms with Crippen LogP contribution < -0.4 is 20.1 Å². The summed E-state index contributed by atoms with van der Waals surface area (Å²) in [6.07, 6.45) is 7.45. The van der Waals surface area contributed by atoms with Crippen molar-refractivity contribution < 1.29 is 18.7 Å². The number of aryl methyl sites for hydroxylation is 1. The van der Waals surface area contributed by atoms with Gasteiger partial charge in [0.25, 0.3) is 5.79 Å². The zero-order valence-corrected chi connectivity index (χ0v) is 18.1. The Morgan fingerprint density at radius 3 is 2.62 bits per heavy atom. The number of nitrogens with one attached hydrogen (secondary N) is 2. The van der Waals surface area contributed by atoms with Crippen LogP contribution in [0.4, 0.5) is 10.5 Å². The van der Waals surface area contributed by atoms with Crippen molar-refractivity contribution in [2.45, 2.75) is 51.2 Å². The van der Waals surface area contributed by atoms with Crippen LogP contribution in [-0.4, -0.2) is 23.3 Å². The molecule has 2 heterocycles. The molecule has 2 N–H and O–H groups in total. The smallest absolute Gasteiger partial charge is 0.319 e. The quantitative estimate of drug-likeness (QED) is 0.559. The van der Waals surface area contributed by atoms with Crippen molar-refractivity contribution in [2.75, 3.05) is 11.9 Å². The molecule has 2 amide bonds. The molecule has 7 heteroatoms. The summed E-state index contributed by atoms with van der Waals surface area (Å²) in [4.78, 5) is 16.8. The van der Waals surface area contributed by atoms with Gasteiger partial charge in [-0.3, -0.25) is 0 Å². The van der Waals surface area contributed by atoms with Crippen LogP contribution in [0.3, 0.4) is 0 Å². The van der Waals surface area contributed by atoms with E-state index >= 15 is 0 Å². The van der Waals surface area contributed by atoms with Gasteiger partial charge in [0.05, 0.1) is 5.69 Å². The van der Waals surface area contributed by atoms with Crippen molar-refractivity contribution in [2.24, 2.45) is 0 Å². The summed E-state index contributed by atoms with van der Waals surface area (Å²) in [7, 11) is 0. The van der Waals surface area contributed by atoms with Crippen molar-refractivity contribution in [3.63, 3.8) is 0 Å². The molecule has 1 aliphatic carbocycles. The van der Waals surface area contributed by atoms with Crippen molar-refractivity contribution in [1.29, 1.82) is 0 Å². The number of amides is 2. The highest BCUT2D eigenvalue weighted by Gasteiger charge is 2.42. The highest BCUT2D eigenvalue weighted by molar-refractivity contribution is 5.89. The number of benzene rings is 2. The zero-order chi connectivity index (χ0) is 22.0. The lowest BCUT2D eigenvalue weighted by molar-refractivity contribution is -0.105. The van der Waals surface area contributed by atoms with Gasteiger partial charge in [-0.25, -0.2) is 9.78 Å². The van der Waals surface area contributed by atoms with Crippen molar-refractivity contribution in [3.8, 4) is 23.0 Å². The number of carbonyl (C=O) groups is 1. The number of oxazole rings is 1. The highest BCUT2D eigenvalue weighted by Crippen LogP contribution is 2.46. The number of anilines is 1. The third kappa shape index (κ3) is 4.42. The summed E-state index contributed by atoms with van der Waals surface area (Å²) >= 11 is 0. The number of fused-ring (bicyclic) bond motifs is 1. The van der Waals surface area contributed by atoms with Crippen LogP contribution in [0.25, 0.3) is 11.5 Å². The molecule has 3 aromatic rings. The number of rotatable bonds is 5. The number of hydrogen-bond donors (Lipinski definition) is 2. The summed E-state index contributed by atoms with van der Waals surface area (Å²) < 4.78 is 17.8. The van der Waals surface area contributed by atoms with Crippen LogP contribution in [0.5, 0.6) is 11.5 Å². The molecule has 0 radical (unpaired) electrons. The highest BCUT2D eigenvalue weighted by atomic mass is 16.7. The van der Waals surface area contributed by atoms with Gasteiger partial charge >= 0.3 is 6.03 Å². The summed E-state index contributed by atoms with van der Waals surface area (Å²) in [6.45, 7) is 2.48. The number of aromatic nitrogens is 1. The molecule has 32 heavy (non-hydrogen) atoms. The average Bonchev–Trinajstić information content (AvgIpc) is 3.39. The fraction of sp³-hybridized carbons (Fsp3) is 0.360. The Morgan fingerprint density at radius 1 is 1.03 bits per heavy atom. The minimum atomic E-state index is -0.517. The van der Waals surface area contributed by atoms with E-state index in [1.165, 1.54) is 12.0 Å². The van der Waals surface area contributed by atoms with Gasteiger partial charge in [-0.05, 0) is 44.0 Å². The van der Waals surface area contributed by atoms with E-state index in [0.29, 0.717) is 30.3 Å². The fourth-order valence-corrected chi connectivity index (χ4v) is 4.20. The van der Waals surface area contributed by atoms with Gasteiger partial charge < -0.3 is 24.5 Å². The van der Waals surface area contributed by atoms with Gasteiger partial charge in [0.2, 0.25) is 5.89 Å². The van der Waals surface area contributed by atoms with Crippen molar-refractivity contribution in [1.82, 2.24) is 10.3 Å². The third-order valence-electron chi connectivity index (χ3n) is 5.93. The molecule has 1 spiro atoms. The van der Waals surface area contributed by atoms with Crippen LogP contribution >= 0.6 is 0 Å². The molecule has 7 nitrogen and oxygen atoms in total. The molecule has 1 fully saturated rings. The molecule has 5 rings (SSSR count). The van der Waals surface area contributed by atoms with Crippen LogP contribution in [0.1, 0.15) is 43.4 Å². The predicted octanol–water partition coefficient (Wildman–Crippen LogP) is 5.45. The van der Waals surface area contributed by atoms with E-state index in [9.17, 15) is 4.79 Å². The Labute approximate surface area is 187 Å². The Kier molecular flexibility index (Phi) is 5.47. The second-order valence-corrected chi connectivity index (χ2v) is 8.48. The zero-order valence-electron chi connectivity index (χ0n) is 18.1. The largest absolute Gasteiger partial charge is 0.448 e. The van der Waals surface area contributed by atoms with Crippen molar-refractivity contribution >= 4 is 11.7 Å². The number of ether oxygens (including phenoxy) is 2. The molecule has 166 valence electrons. The maximum absolute atomic E-state index is 12.3. The standard InChI is InChI=1S/C25H27N3O4/c1-17-5-7-18(8-6-17)23-27-20(16-30-23)11-14-26-24(29)28-19-9-10-21-22(15-19)32-25(31-21)12-3-2-4-13-25/h5-10,15-16H,2-4,11-14H2,1H3,(H2,26,28,29). The summed E-state index contributed by atoms with van der Waals surface area (Å²) in [5.74, 6) is 1.50. The first kappa shape index (κ1) is 20.4. The maximum Gasteiger partial charge on any atom is 0.319 e. The van der Waals surface area contributed by atoms with E-state index in [2.05, 4.69) is 15.6 Å². The molecule has 1 saturated carbocycles. The molecule has 0 saturated heterocycles. The molecular weight excluding hydrogens is 406 g/mol. The lowest BCUT2D eigenvalue weighted by atomic mass is 9.94. The normalized spacial score (nSPS) is 16.2. The van der Waals surface area contributed by atoms with E-state index in [4.69, 9.17) is 13.9 Å². The number of carbonyl (C=O) groups excluding carboxylic acids is 1. The van der Waals surface area contributed by atoms with Gasteiger partial charge in [-0.1, -0.05) is 24.1 Å². The Balaban J connectivity index is 1.12. The molecule has 2 aromatic carbocycles. The molecule has 1 aromatic heterocycles. The molecule has 0 bridgehead atoms. The Bertz CT molecular complexity index is 1100. The van der Waals surface area contributed by atoms with Gasteiger partial charge in [0.1, 0.15) is 6.26 Å². The van der Waals surface area contributed by atoms with E-state index in [0.717, 1.165) is 42.7 Å². The van der Waals surface area contributed by atoms with Crippen LogP contribution in [0, 0.1) is 6.92 Å². The van der Waals surface area contributed by atoms with E-state index in [1.54, 1.807) is 6.26 Å². The summed E-state index contributed by atoms with van der Waals surface area (Å²) in [6, 6.07) is 13.2. The van der Waals surface area contributed by atoms with E-state index in [-0.39, 0.29) is 6.03 Å².